The van der Waals surface area contributed by atoms with E-state index in [4.69, 9.17) is 5.26 Å². The van der Waals surface area contributed by atoms with E-state index < -0.39 is 0 Å². The molecular formula is C12H21N3S. The summed E-state index contributed by atoms with van der Waals surface area (Å²) in [7, 11) is 0. The third-order valence-corrected chi connectivity index (χ3v) is 4.56. The molecule has 90 valence electrons. The molecule has 1 N–H and O–H groups in total. The molecule has 2 aliphatic rings. The second-order valence-corrected chi connectivity index (χ2v) is 6.19. The molecule has 0 unspecified atom stereocenters. The first-order valence-electron chi connectivity index (χ1n) is 6.22. The maximum absolute atomic E-state index is 8.71. The van der Waals surface area contributed by atoms with Gasteiger partial charge in [0.1, 0.15) is 0 Å². The summed E-state index contributed by atoms with van der Waals surface area (Å²) in [5.41, 5.74) is 0.354. The average molecular weight is 239 g/mol. The van der Waals surface area contributed by atoms with Gasteiger partial charge in [0.15, 0.2) is 0 Å². The molecule has 0 bridgehead atoms. The van der Waals surface area contributed by atoms with Gasteiger partial charge < -0.3 is 10.2 Å². The van der Waals surface area contributed by atoms with Crippen LogP contribution < -0.4 is 5.32 Å². The summed E-state index contributed by atoms with van der Waals surface area (Å²) in [6, 6.07) is 2.31. The second-order valence-electron chi connectivity index (χ2n) is 4.97. The highest BCUT2D eigenvalue weighted by Gasteiger charge is 2.41. The molecular weight excluding hydrogens is 218 g/mol. The van der Waals surface area contributed by atoms with Crippen LogP contribution in [0.2, 0.25) is 0 Å². The highest BCUT2D eigenvalue weighted by molar-refractivity contribution is 7.99. The largest absolute Gasteiger partial charge is 0.315 e. The molecule has 4 heteroatoms. The Morgan fingerprint density at radius 1 is 1.31 bits per heavy atom. The van der Waals surface area contributed by atoms with E-state index in [2.05, 4.69) is 28.0 Å². The standard InChI is InChI=1S/C12H21N3S/c13-4-3-12(1-2-12)11-14-5-6-15-7-9-16-10-8-15/h14H,1-3,5-11H2. The first-order valence-corrected chi connectivity index (χ1v) is 7.38. The summed E-state index contributed by atoms with van der Waals surface area (Å²) in [6.45, 7) is 5.79. The van der Waals surface area contributed by atoms with Gasteiger partial charge in [-0.3, -0.25) is 0 Å². The Morgan fingerprint density at radius 2 is 2.06 bits per heavy atom. The average Bonchev–Trinajstić information content (AvgIpc) is 3.07. The lowest BCUT2D eigenvalue weighted by atomic mass is 10.0. The van der Waals surface area contributed by atoms with Crippen LogP contribution in [0.5, 0.6) is 0 Å². The van der Waals surface area contributed by atoms with Crippen LogP contribution in [0.25, 0.3) is 0 Å². The van der Waals surface area contributed by atoms with E-state index in [1.165, 1.54) is 44.0 Å². The molecule has 0 aromatic rings. The molecule has 16 heavy (non-hydrogen) atoms. The van der Waals surface area contributed by atoms with Crippen molar-refractivity contribution in [3.8, 4) is 6.07 Å². The van der Waals surface area contributed by atoms with Gasteiger partial charge in [-0.1, -0.05) is 0 Å². The van der Waals surface area contributed by atoms with Gasteiger partial charge in [-0.15, -0.1) is 0 Å². The van der Waals surface area contributed by atoms with E-state index in [1.807, 2.05) is 0 Å². The minimum Gasteiger partial charge on any atom is -0.315 e. The first-order chi connectivity index (χ1) is 7.85. The van der Waals surface area contributed by atoms with Crippen LogP contribution in [-0.4, -0.2) is 49.1 Å². The minimum atomic E-state index is 0.354. The van der Waals surface area contributed by atoms with Gasteiger partial charge in [-0.05, 0) is 18.3 Å². The summed E-state index contributed by atoms with van der Waals surface area (Å²) in [4.78, 5) is 2.54. The van der Waals surface area contributed by atoms with E-state index in [0.29, 0.717) is 5.41 Å². The van der Waals surface area contributed by atoms with Crippen molar-refractivity contribution in [2.45, 2.75) is 19.3 Å². The van der Waals surface area contributed by atoms with E-state index in [1.54, 1.807) is 0 Å². The minimum absolute atomic E-state index is 0.354. The lowest BCUT2D eigenvalue weighted by Crippen LogP contribution is -2.38. The molecule has 2 fully saturated rings. The summed E-state index contributed by atoms with van der Waals surface area (Å²) in [5, 5.41) is 12.2. The van der Waals surface area contributed by atoms with Crippen molar-refractivity contribution in [3.05, 3.63) is 0 Å². The lowest BCUT2D eigenvalue weighted by Gasteiger charge is -2.26. The maximum Gasteiger partial charge on any atom is 0.0628 e. The number of rotatable bonds is 6. The molecule has 0 aromatic heterocycles. The first kappa shape index (κ1) is 12.2. The van der Waals surface area contributed by atoms with Crippen molar-refractivity contribution in [3.63, 3.8) is 0 Å². The fourth-order valence-corrected chi connectivity index (χ4v) is 3.15. The zero-order chi connectivity index (χ0) is 11.3. The zero-order valence-corrected chi connectivity index (χ0v) is 10.7. The van der Waals surface area contributed by atoms with Crippen LogP contribution in [0.1, 0.15) is 19.3 Å². The molecule has 1 heterocycles. The molecule has 1 aliphatic heterocycles. The summed E-state index contributed by atoms with van der Waals surface area (Å²) >= 11 is 2.06. The van der Waals surface area contributed by atoms with Gasteiger partial charge in [-0.25, -0.2) is 0 Å². The normalized spacial score (nSPS) is 23.9. The molecule has 0 amide bonds. The third-order valence-electron chi connectivity index (χ3n) is 3.62. The van der Waals surface area contributed by atoms with Gasteiger partial charge in [0, 0.05) is 50.7 Å². The monoisotopic (exact) mass is 239 g/mol. The second kappa shape index (κ2) is 5.90. The van der Waals surface area contributed by atoms with Crippen LogP contribution >= 0.6 is 11.8 Å². The van der Waals surface area contributed by atoms with Crippen LogP contribution in [0.3, 0.4) is 0 Å². The Balaban J connectivity index is 1.53. The van der Waals surface area contributed by atoms with Gasteiger partial charge in [0.25, 0.3) is 0 Å². The van der Waals surface area contributed by atoms with E-state index >= 15 is 0 Å². The Labute approximate surface area is 103 Å². The molecule has 3 nitrogen and oxygen atoms in total. The summed E-state index contributed by atoms with van der Waals surface area (Å²) < 4.78 is 0. The number of hydrogen-bond donors (Lipinski definition) is 1. The fraction of sp³-hybridized carbons (Fsp3) is 0.917. The molecule has 0 aromatic carbocycles. The number of nitrogens with zero attached hydrogens (tertiary/aromatic N) is 2. The summed E-state index contributed by atoms with van der Waals surface area (Å²) in [6.07, 6.45) is 3.22. The molecule has 1 saturated heterocycles. The SMILES string of the molecule is N#CCC1(CNCCN2CCSCC2)CC1. The van der Waals surface area contributed by atoms with Gasteiger partial charge in [0.2, 0.25) is 0 Å². The molecule has 1 saturated carbocycles. The quantitative estimate of drug-likeness (QED) is 0.710. The van der Waals surface area contributed by atoms with Gasteiger partial charge >= 0.3 is 0 Å². The van der Waals surface area contributed by atoms with Crippen molar-refractivity contribution >= 4 is 11.8 Å². The number of nitriles is 1. The highest BCUT2D eigenvalue weighted by Crippen LogP contribution is 2.47. The van der Waals surface area contributed by atoms with Gasteiger partial charge in [0.05, 0.1) is 6.07 Å². The van der Waals surface area contributed by atoms with Crippen molar-refractivity contribution in [2.75, 3.05) is 44.2 Å². The maximum atomic E-state index is 8.71. The predicted octanol–water partition coefficient (Wildman–Crippen LogP) is 1.32. The van der Waals surface area contributed by atoms with E-state index in [-0.39, 0.29) is 0 Å². The smallest absolute Gasteiger partial charge is 0.0628 e. The van der Waals surface area contributed by atoms with Crippen molar-refractivity contribution in [1.82, 2.24) is 10.2 Å². The number of thioether (sulfide) groups is 1. The van der Waals surface area contributed by atoms with Crippen LogP contribution in [0.4, 0.5) is 0 Å². The van der Waals surface area contributed by atoms with Crippen LogP contribution in [0, 0.1) is 16.7 Å². The topological polar surface area (TPSA) is 39.1 Å². The van der Waals surface area contributed by atoms with Crippen molar-refractivity contribution in [2.24, 2.45) is 5.41 Å². The van der Waals surface area contributed by atoms with Crippen molar-refractivity contribution < 1.29 is 0 Å². The molecule has 0 atom stereocenters. The van der Waals surface area contributed by atoms with Crippen molar-refractivity contribution in [1.29, 1.82) is 5.26 Å². The van der Waals surface area contributed by atoms with E-state index in [9.17, 15) is 0 Å². The zero-order valence-electron chi connectivity index (χ0n) is 9.87. The van der Waals surface area contributed by atoms with E-state index in [0.717, 1.165) is 19.5 Å². The molecule has 2 rings (SSSR count). The van der Waals surface area contributed by atoms with Crippen LogP contribution in [-0.2, 0) is 0 Å². The third kappa shape index (κ3) is 3.65. The molecule has 0 radical (unpaired) electrons. The number of nitrogens with one attached hydrogen (secondary N) is 1. The molecule has 1 aliphatic carbocycles. The Kier molecular flexibility index (Phi) is 4.51. The molecule has 0 spiro atoms. The summed E-state index contributed by atoms with van der Waals surface area (Å²) in [5.74, 6) is 2.58. The van der Waals surface area contributed by atoms with Gasteiger partial charge in [-0.2, -0.15) is 17.0 Å². The fourth-order valence-electron chi connectivity index (χ4n) is 2.18. The Bertz CT molecular complexity index is 251. The predicted molar refractivity (Wildman–Crippen MR) is 68.5 cm³/mol. The van der Waals surface area contributed by atoms with Crippen LogP contribution in [0.15, 0.2) is 0 Å². The Hall–Kier alpha value is -0.240. The lowest BCUT2D eigenvalue weighted by molar-refractivity contribution is 0.296. The number of hydrogen-bond acceptors (Lipinski definition) is 4. The highest BCUT2D eigenvalue weighted by atomic mass is 32.2. The Morgan fingerprint density at radius 3 is 2.69 bits per heavy atom.